The number of nitrogens with one attached hydrogen (secondary N) is 1. The van der Waals surface area contributed by atoms with Gasteiger partial charge in [-0.2, -0.15) is 0 Å². The summed E-state index contributed by atoms with van der Waals surface area (Å²) < 4.78 is 5.01. The fourth-order valence-electron chi connectivity index (χ4n) is 2.98. The van der Waals surface area contributed by atoms with Crippen LogP contribution >= 0.6 is 0 Å². The maximum absolute atomic E-state index is 12.6. The third-order valence-electron chi connectivity index (χ3n) is 5.07. The van der Waals surface area contributed by atoms with Crippen molar-refractivity contribution >= 4 is 17.8 Å². The highest BCUT2D eigenvalue weighted by Crippen LogP contribution is 2.27. The average Bonchev–Trinajstić information content (AvgIpc) is 2.62. The first-order chi connectivity index (χ1) is 12.5. The normalized spacial score (nSPS) is 15.1. The summed E-state index contributed by atoms with van der Waals surface area (Å²) in [5.41, 5.74) is 0.0200. The minimum atomic E-state index is -0.453. The highest BCUT2D eigenvalue weighted by atomic mass is 16.5. The zero-order valence-corrected chi connectivity index (χ0v) is 18.3. The van der Waals surface area contributed by atoms with Gasteiger partial charge in [-0.15, -0.1) is 0 Å². The van der Waals surface area contributed by atoms with Gasteiger partial charge in [0.05, 0.1) is 19.2 Å². The monoisotopic (exact) mass is 382 g/mol. The summed E-state index contributed by atoms with van der Waals surface area (Å²) in [4.78, 5) is 38.6. The lowest BCUT2D eigenvalue weighted by Gasteiger charge is -2.31. The SMILES string of the molecule is CCCC(C)(CC)C(=O)NCC(=O)N(C)[C@H](/C=C(\C)C(=O)OCC)C(C)C. The van der Waals surface area contributed by atoms with Crippen LogP contribution in [0, 0.1) is 11.3 Å². The molecule has 0 aromatic rings. The Kier molecular flexibility index (Phi) is 11.0. The topological polar surface area (TPSA) is 75.7 Å². The first kappa shape index (κ1) is 25.1. The maximum Gasteiger partial charge on any atom is 0.333 e. The Hall–Kier alpha value is -1.85. The van der Waals surface area contributed by atoms with E-state index in [2.05, 4.69) is 5.32 Å². The van der Waals surface area contributed by atoms with Gasteiger partial charge in [0.15, 0.2) is 0 Å². The summed E-state index contributed by atoms with van der Waals surface area (Å²) in [6.07, 6.45) is 4.19. The molecule has 0 aromatic carbocycles. The van der Waals surface area contributed by atoms with Crippen LogP contribution in [0.4, 0.5) is 0 Å². The second-order valence-corrected chi connectivity index (χ2v) is 7.66. The largest absolute Gasteiger partial charge is 0.463 e. The van der Waals surface area contributed by atoms with Crippen molar-refractivity contribution in [1.82, 2.24) is 10.2 Å². The lowest BCUT2D eigenvalue weighted by molar-refractivity contribution is -0.138. The van der Waals surface area contributed by atoms with E-state index in [9.17, 15) is 14.4 Å². The molecule has 0 saturated heterocycles. The molecule has 6 nitrogen and oxygen atoms in total. The van der Waals surface area contributed by atoms with Crippen LogP contribution in [-0.2, 0) is 19.1 Å². The van der Waals surface area contributed by atoms with E-state index in [0.29, 0.717) is 12.2 Å². The van der Waals surface area contributed by atoms with Crippen LogP contribution in [-0.4, -0.2) is 48.9 Å². The molecule has 0 saturated carbocycles. The lowest BCUT2D eigenvalue weighted by atomic mass is 9.82. The molecule has 1 N–H and O–H groups in total. The summed E-state index contributed by atoms with van der Waals surface area (Å²) in [6, 6.07) is -0.257. The molecule has 6 heteroatoms. The van der Waals surface area contributed by atoms with Crippen molar-refractivity contribution in [3.05, 3.63) is 11.6 Å². The molecule has 0 bridgehead atoms. The number of hydrogen-bond donors (Lipinski definition) is 1. The average molecular weight is 383 g/mol. The molecular formula is C21H38N2O4. The van der Waals surface area contributed by atoms with E-state index in [1.54, 1.807) is 31.9 Å². The number of carbonyl (C=O) groups is 3. The van der Waals surface area contributed by atoms with E-state index < -0.39 is 5.41 Å². The number of ether oxygens (including phenoxy) is 1. The van der Waals surface area contributed by atoms with Gasteiger partial charge in [-0.3, -0.25) is 9.59 Å². The third kappa shape index (κ3) is 7.73. The lowest BCUT2D eigenvalue weighted by Crippen LogP contribution is -2.47. The van der Waals surface area contributed by atoms with E-state index in [1.165, 1.54) is 0 Å². The Balaban J connectivity index is 5.08. The van der Waals surface area contributed by atoms with Gasteiger partial charge in [0.25, 0.3) is 0 Å². The highest BCUT2D eigenvalue weighted by molar-refractivity contribution is 5.89. The molecule has 0 heterocycles. The second kappa shape index (κ2) is 11.8. The Morgan fingerprint density at radius 2 is 1.78 bits per heavy atom. The van der Waals surface area contributed by atoms with Crippen LogP contribution in [0.5, 0.6) is 0 Å². The standard InChI is InChI=1S/C21H38N2O4/c1-9-12-21(7,10-2)20(26)22-14-18(24)23(8)17(15(4)5)13-16(6)19(25)27-11-3/h13,15,17H,9-12,14H2,1-8H3,(H,22,26)/b16-13+/t17-,21?/m1/s1. The predicted molar refractivity (Wildman–Crippen MR) is 108 cm³/mol. The van der Waals surface area contributed by atoms with Crippen LogP contribution in [0.15, 0.2) is 11.6 Å². The number of hydrogen-bond acceptors (Lipinski definition) is 4. The van der Waals surface area contributed by atoms with E-state index in [0.717, 1.165) is 19.3 Å². The molecule has 0 aliphatic carbocycles. The Morgan fingerprint density at radius 1 is 1.19 bits per heavy atom. The van der Waals surface area contributed by atoms with Gasteiger partial charge in [-0.25, -0.2) is 4.79 Å². The van der Waals surface area contributed by atoms with Crippen molar-refractivity contribution in [3.8, 4) is 0 Å². The molecule has 27 heavy (non-hydrogen) atoms. The van der Waals surface area contributed by atoms with E-state index >= 15 is 0 Å². The third-order valence-corrected chi connectivity index (χ3v) is 5.07. The van der Waals surface area contributed by atoms with Crippen LogP contribution < -0.4 is 5.32 Å². The fraction of sp³-hybridized carbons (Fsp3) is 0.762. The quantitative estimate of drug-likeness (QED) is 0.439. The Labute approximate surface area is 164 Å². The number of esters is 1. The maximum atomic E-state index is 12.6. The Bertz CT molecular complexity index is 542. The van der Waals surface area contributed by atoms with Gasteiger partial charge < -0.3 is 15.0 Å². The molecule has 2 amide bonds. The van der Waals surface area contributed by atoms with Crippen LogP contribution in [0.1, 0.15) is 67.7 Å². The molecule has 1 unspecified atom stereocenters. The van der Waals surface area contributed by atoms with Crippen molar-refractivity contribution in [2.24, 2.45) is 11.3 Å². The summed E-state index contributed by atoms with van der Waals surface area (Å²) in [5, 5.41) is 2.79. The minimum absolute atomic E-state index is 0.0514. The molecule has 0 aromatic heterocycles. The summed E-state index contributed by atoms with van der Waals surface area (Å²) in [5.74, 6) is -0.548. The van der Waals surface area contributed by atoms with Crippen molar-refractivity contribution in [1.29, 1.82) is 0 Å². The van der Waals surface area contributed by atoms with Crippen molar-refractivity contribution in [2.75, 3.05) is 20.2 Å². The van der Waals surface area contributed by atoms with Crippen LogP contribution in [0.2, 0.25) is 0 Å². The second-order valence-electron chi connectivity index (χ2n) is 7.66. The molecule has 156 valence electrons. The number of amides is 2. The zero-order chi connectivity index (χ0) is 21.2. The van der Waals surface area contributed by atoms with Gasteiger partial charge >= 0.3 is 5.97 Å². The van der Waals surface area contributed by atoms with Crippen molar-refractivity contribution in [2.45, 2.75) is 73.8 Å². The van der Waals surface area contributed by atoms with Gasteiger partial charge in [0, 0.05) is 18.0 Å². The molecule has 0 rings (SSSR count). The van der Waals surface area contributed by atoms with E-state index in [4.69, 9.17) is 4.74 Å². The van der Waals surface area contributed by atoms with Gasteiger partial charge in [0.2, 0.25) is 11.8 Å². The molecule has 0 spiro atoms. The first-order valence-electron chi connectivity index (χ1n) is 9.93. The van der Waals surface area contributed by atoms with E-state index in [1.807, 2.05) is 34.6 Å². The van der Waals surface area contributed by atoms with Crippen LogP contribution in [0.3, 0.4) is 0 Å². The summed E-state index contributed by atoms with van der Waals surface area (Å²) in [7, 11) is 1.69. The zero-order valence-electron chi connectivity index (χ0n) is 18.3. The molecule has 0 radical (unpaired) electrons. The number of rotatable bonds is 11. The van der Waals surface area contributed by atoms with Crippen molar-refractivity contribution in [3.63, 3.8) is 0 Å². The molecule has 0 aliphatic rings. The van der Waals surface area contributed by atoms with Gasteiger partial charge in [-0.05, 0) is 32.6 Å². The number of carbonyl (C=O) groups excluding carboxylic acids is 3. The number of likely N-dealkylation sites (N-methyl/N-ethyl adjacent to an activating group) is 1. The molecule has 0 fully saturated rings. The fourth-order valence-corrected chi connectivity index (χ4v) is 2.98. The van der Waals surface area contributed by atoms with E-state index in [-0.39, 0.29) is 36.3 Å². The Morgan fingerprint density at radius 3 is 2.22 bits per heavy atom. The number of nitrogens with zero attached hydrogens (tertiary/aromatic N) is 1. The smallest absolute Gasteiger partial charge is 0.333 e. The molecule has 2 atom stereocenters. The van der Waals surface area contributed by atoms with Crippen molar-refractivity contribution < 1.29 is 19.1 Å². The van der Waals surface area contributed by atoms with Crippen LogP contribution in [0.25, 0.3) is 0 Å². The summed E-state index contributed by atoms with van der Waals surface area (Å²) in [6.45, 7) is 13.6. The predicted octanol–water partition coefficient (Wildman–Crippen LogP) is 3.31. The van der Waals surface area contributed by atoms with Gasteiger partial charge in [-0.1, -0.05) is 47.1 Å². The molecule has 0 aliphatic heterocycles. The summed E-state index contributed by atoms with van der Waals surface area (Å²) >= 11 is 0. The minimum Gasteiger partial charge on any atom is -0.463 e. The van der Waals surface area contributed by atoms with Gasteiger partial charge in [0.1, 0.15) is 0 Å². The highest BCUT2D eigenvalue weighted by Gasteiger charge is 2.31. The molecular weight excluding hydrogens is 344 g/mol. The first-order valence-corrected chi connectivity index (χ1v) is 9.93.